The van der Waals surface area contributed by atoms with E-state index in [1.54, 1.807) is 30.1 Å². The number of aryl methyl sites for hydroxylation is 1. The fraction of sp³-hybridized carbons (Fsp3) is 0.333. The standard InChI is InChI=1S/C15H18ClN3O2/c1-11-7-17-19(8-11)9-15(21)18(2)14(10-20)12-3-5-13(16)6-4-12/h3-8,14,20H,9-10H2,1-2H3. The third kappa shape index (κ3) is 3.83. The third-order valence-corrected chi connectivity index (χ3v) is 3.60. The highest BCUT2D eigenvalue weighted by Gasteiger charge is 2.21. The fourth-order valence-corrected chi connectivity index (χ4v) is 2.24. The average Bonchev–Trinajstić information content (AvgIpc) is 2.86. The summed E-state index contributed by atoms with van der Waals surface area (Å²) < 4.78 is 1.59. The largest absolute Gasteiger partial charge is 0.394 e. The minimum absolute atomic E-state index is 0.118. The zero-order valence-electron chi connectivity index (χ0n) is 12.0. The van der Waals surface area contributed by atoms with E-state index in [2.05, 4.69) is 5.10 Å². The van der Waals surface area contributed by atoms with Crippen molar-refractivity contribution < 1.29 is 9.90 Å². The molecular weight excluding hydrogens is 290 g/mol. The number of hydrogen-bond donors (Lipinski definition) is 1. The molecule has 1 N–H and O–H groups in total. The molecule has 0 saturated heterocycles. The molecule has 112 valence electrons. The van der Waals surface area contributed by atoms with E-state index in [4.69, 9.17) is 11.6 Å². The molecule has 0 saturated carbocycles. The first-order valence-corrected chi connectivity index (χ1v) is 7.00. The Hall–Kier alpha value is -1.85. The summed E-state index contributed by atoms with van der Waals surface area (Å²) in [5.74, 6) is -0.118. The predicted octanol–water partition coefficient (Wildman–Crippen LogP) is 2.04. The summed E-state index contributed by atoms with van der Waals surface area (Å²) in [7, 11) is 1.67. The van der Waals surface area contributed by atoms with Gasteiger partial charge in [-0.3, -0.25) is 9.48 Å². The quantitative estimate of drug-likeness (QED) is 0.919. The minimum atomic E-state index is -0.397. The molecule has 0 aliphatic heterocycles. The average molecular weight is 308 g/mol. The van der Waals surface area contributed by atoms with Crippen LogP contribution in [0.5, 0.6) is 0 Å². The van der Waals surface area contributed by atoms with Crippen LogP contribution in [0.25, 0.3) is 0 Å². The van der Waals surface area contributed by atoms with Crippen LogP contribution >= 0.6 is 11.6 Å². The molecule has 0 spiro atoms. The number of rotatable bonds is 5. The number of nitrogens with zero attached hydrogens (tertiary/aromatic N) is 3. The number of benzene rings is 1. The van der Waals surface area contributed by atoms with Gasteiger partial charge >= 0.3 is 0 Å². The smallest absolute Gasteiger partial charge is 0.244 e. The van der Waals surface area contributed by atoms with E-state index in [9.17, 15) is 9.90 Å². The van der Waals surface area contributed by atoms with E-state index in [0.717, 1.165) is 11.1 Å². The van der Waals surface area contributed by atoms with Crippen molar-refractivity contribution in [3.05, 3.63) is 52.8 Å². The molecule has 0 aliphatic carbocycles. The van der Waals surface area contributed by atoms with Crippen molar-refractivity contribution in [3.8, 4) is 0 Å². The maximum atomic E-state index is 12.3. The van der Waals surface area contributed by atoms with Crippen molar-refractivity contribution in [1.29, 1.82) is 0 Å². The summed E-state index contributed by atoms with van der Waals surface area (Å²) >= 11 is 5.86. The highest BCUT2D eigenvalue weighted by Crippen LogP contribution is 2.21. The van der Waals surface area contributed by atoms with Crippen LogP contribution in [0.15, 0.2) is 36.7 Å². The van der Waals surface area contributed by atoms with Crippen LogP contribution in [0.3, 0.4) is 0 Å². The molecule has 0 radical (unpaired) electrons. The van der Waals surface area contributed by atoms with E-state index >= 15 is 0 Å². The first-order valence-electron chi connectivity index (χ1n) is 6.62. The lowest BCUT2D eigenvalue weighted by Gasteiger charge is -2.27. The lowest BCUT2D eigenvalue weighted by Crippen LogP contribution is -2.35. The topological polar surface area (TPSA) is 58.4 Å². The summed E-state index contributed by atoms with van der Waals surface area (Å²) in [6.45, 7) is 1.92. The van der Waals surface area contributed by atoms with Crippen LogP contribution in [0, 0.1) is 6.92 Å². The van der Waals surface area contributed by atoms with Crippen LogP contribution in [-0.2, 0) is 11.3 Å². The zero-order valence-corrected chi connectivity index (χ0v) is 12.8. The van der Waals surface area contributed by atoms with Crippen LogP contribution in [0.4, 0.5) is 0 Å². The summed E-state index contributed by atoms with van der Waals surface area (Å²) in [5.41, 5.74) is 1.84. The summed E-state index contributed by atoms with van der Waals surface area (Å²) in [4.78, 5) is 13.8. The van der Waals surface area contributed by atoms with E-state index < -0.39 is 6.04 Å². The molecule has 0 bridgehead atoms. The van der Waals surface area contributed by atoms with Crippen molar-refractivity contribution >= 4 is 17.5 Å². The van der Waals surface area contributed by atoms with E-state index in [1.807, 2.05) is 25.3 Å². The van der Waals surface area contributed by atoms with Gasteiger partial charge in [-0.05, 0) is 30.2 Å². The number of aliphatic hydroxyl groups excluding tert-OH is 1. The second-order valence-electron chi connectivity index (χ2n) is 4.97. The van der Waals surface area contributed by atoms with E-state index in [1.165, 1.54) is 4.90 Å². The number of halogens is 1. The molecule has 0 aliphatic rings. The summed E-state index contributed by atoms with van der Waals surface area (Å²) in [6, 6.07) is 6.71. The highest BCUT2D eigenvalue weighted by atomic mass is 35.5. The summed E-state index contributed by atoms with van der Waals surface area (Å²) in [5, 5.41) is 14.3. The van der Waals surface area contributed by atoms with Crippen molar-refractivity contribution in [1.82, 2.24) is 14.7 Å². The molecule has 0 fully saturated rings. The molecule has 1 aromatic heterocycles. The molecule has 2 aromatic rings. The number of carbonyl (C=O) groups excluding carboxylic acids is 1. The Morgan fingerprint density at radius 1 is 1.43 bits per heavy atom. The number of amides is 1. The van der Waals surface area contributed by atoms with Gasteiger partial charge in [-0.25, -0.2) is 0 Å². The Balaban J connectivity index is 2.10. The van der Waals surface area contributed by atoms with Crippen molar-refractivity contribution in [2.45, 2.75) is 19.5 Å². The van der Waals surface area contributed by atoms with Gasteiger partial charge in [0.05, 0.1) is 18.8 Å². The third-order valence-electron chi connectivity index (χ3n) is 3.35. The van der Waals surface area contributed by atoms with Crippen molar-refractivity contribution in [2.75, 3.05) is 13.7 Å². The first-order chi connectivity index (χ1) is 10.0. The lowest BCUT2D eigenvalue weighted by molar-refractivity contribution is -0.133. The van der Waals surface area contributed by atoms with Gasteiger partial charge in [-0.15, -0.1) is 0 Å². The number of hydrogen-bond acceptors (Lipinski definition) is 3. The molecule has 21 heavy (non-hydrogen) atoms. The molecule has 1 heterocycles. The first kappa shape index (κ1) is 15.5. The van der Waals surface area contributed by atoms with Gasteiger partial charge in [-0.2, -0.15) is 5.10 Å². The van der Waals surface area contributed by atoms with Gasteiger partial charge in [0.25, 0.3) is 0 Å². The van der Waals surface area contributed by atoms with E-state index in [0.29, 0.717) is 5.02 Å². The molecule has 1 atom stereocenters. The second-order valence-corrected chi connectivity index (χ2v) is 5.41. The van der Waals surface area contributed by atoms with Gasteiger partial charge in [0.2, 0.25) is 5.91 Å². The Labute approximate surface area is 128 Å². The van der Waals surface area contributed by atoms with Gasteiger partial charge < -0.3 is 10.0 Å². The molecule has 2 rings (SSSR count). The number of aromatic nitrogens is 2. The molecule has 1 unspecified atom stereocenters. The monoisotopic (exact) mass is 307 g/mol. The molecule has 6 heteroatoms. The molecule has 1 aromatic carbocycles. The predicted molar refractivity (Wildman–Crippen MR) is 81.0 cm³/mol. The SMILES string of the molecule is Cc1cnn(CC(=O)N(C)C(CO)c2ccc(Cl)cc2)c1. The van der Waals surface area contributed by atoms with Gasteiger partial charge in [0.1, 0.15) is 6.54 Å². The Bertz CT molecular complexity index is 610. The van der Waals surface area contributed by atoms with Crippen LogP contribution in [-0.4, -0.2) is 39.3 Å². The zero-order chi connectivity index (χ0) is 15.4. The number of likely N-dealkylation sites (N-methyl/N-ethyl adjacent to an activating group) is 1. The summed E-state index contributed by atoms with van der Waals surface area (Å²) in [6.07, 6.45) is 3.51. The second kappa shape index (κ2) is 6.74. The van der Waals surface area contributed by atoms with Gasteiger partial charge in [-0.1, -0.05) is 23.7 Å². The Morgan fingerprint density at radius 3 is 2.62 bits per heavy atom. The maximum absolute atomic E-state index is 12.3. The Morgan fingerprint density at radius 2 is 2.10 bits per heavy atom. The van der Waals surface area contributed by atoms with Crippen LogP contribution in [0.1, 0.15) is 17.2 Å². The highest BCUT2D eigenvalue weighted by molar-refractivity contribution is 6.30. The van der Waals surface area contributed by atoms with Gasteiger partial charge in [0, 0.05) is 18.3 Å². The number of carbonyl (C=O) groups is 1. The van der Waals surface area contributed by atoms with E-state index in [-0.39, 0.29) is 19.1 Å². The molecular formula is C15H18ClN3O2. The van der Waals surface area contributed by atoms with Gasteiger partial charge in [0.15, 0.2) is 0 Å². The minimum Gasteiger partial charge on any atom is -0.394 e. The van der Waals surface area contributed by atoms with Crippen molar-refractivity contribution in [2.24, 2.45) is 0 Å². The molecule has 1 amide bonds. The lowest BCUT2D eigenvalue weighted by atomic mass is 10.1. The fourth-order valence-electron chi connectivity index (χ4n) is 2.11. The van der Waals surface area contributed by atoms with Crippen molar-refractivity contribution in [3.63, 3.8) is 0 Å². The normalized spacial score (nSPS) is 12.2. The number of aliphatic hydroxyl groups is 1. The Kier molecular flexibility index (Phi) is 4.98. The maximum Gasteiger partial charge on any atom is 0.244 e. The van der Waals surface area contributed by atoms with Crippen LogP contribution in [0.2, 0.25) is 5.02 Å². The molecule has 5 nitrogen and oxygen atoms in total. The van der Waals surface area contributed by atoms with Crippen LogP contribution < -0.4 is 0 Å².